The van der Waals surface area contributed by atoms with Crippen LogP contribution in [0.25, 0.3) is 5.52 Å². The van der Waals surface area contributed by atoms with Crippen LogP contribution >= 0.6 is 15.9 Å². The molecule has 1 atom stereocenters. The largest absolute Gasteiger partial charge is 0.388 e. The zero-order valence-electron chi connectivity index (χ0n) is 10.4. The van der Waals surface area contributed by atoms with Gasteiger partial charge in [-0.1, -0.05) is 12.1 Å². The number of hydrogen-bond donors (Lipinski definition) is 1. The summed E-state index contributed by atoms with van der Waals surface area (Å²) >= 11 is 3.20. The van der Waals surface area contributed by atoms with Crippen molar-refractivity contribution in [2.24, 2.45) is 0 Å². The summed E-state index contributed by atoms with van der Waals surface area (Å²) < 4.78 is 15.5. The number of fused-ring (bicyclic) bond motifs is 1. The van der Waals surface area contributed by atoms with Gasteiger partial charge in [-0.3, -0.25) is 4.98 Å². The lowest BCUT2D eigenvalue weighted by molar-refractivity contribution is 0.179. The molecule has 3 aromatic rings. The molecule has 0 aliphatic carbocycles. The summed E-state index contributed by atoms with van der Waals surface area (Å²) in [7, 11) is 0. The van der Waals surface area contributed by atoms with Gasteiger partial charge in [-0.2, -0.15) is 5.10 Å². The summed E-state index contributed by atoms with van der Waals surface area (Å²) in [4.78, 5) is 4.03. The highest BCUT2D eigenvalue weighted by Gasteiger charge is 2.16. The molecule has 1 N–H and O–H groups in total. The average molecular weight is 336 g/mol. The first-order valence-electron chi connectivity index (χ1n) is 6.05. The Labute approximate surface area is 123 Å². The molecular weight excluding hydrogens is 325 g/mol. The van der Waals surface area contributed by atoms with Crippen molar-refractivity contribution in [2.75, 3.05) is 0 Å². The summed E-state index contributed by atoms with van der Waals surface area (Å²) in [6, 6.07) is 4.78. The Hall–Kier alpha value is -1.79. The van der Waals surface area contributed by atoms with Crippen molar-refractivity contribution in [1.29, 1.82) is 0 Å². The minimum atomic E-state index is -0.769. The molecule has 0 spiro atoms. The lowest BCUT2D eigenvalue weighted by atomic mass is 10.0. The number of aliphatic hydroxyl groups is 1. The van der Waals surface area contributed by atoms with E-state index < -0.39 is 6.10 Å². The van der Waals surface area contributed by atoms with Crippen molar-refractivity contribution in [2.45, 2.75) is 12.5 Å². The number of halogens is 2. The number of aromatic nitrogens is 3. The molecule has 102 valence electrons. The van der Waals surface area contributed by atoms with Crippen LogP contribution in [0.5, 0.6) is 0 Å². The molecule has 0 radical (unpaired) electrons. The maximum atomic E-state index is 13.5. The standard InChI is InChI=1S/C14H11BrFN3O/c15-14-9(2-1-3-11(14)16)6-13(20)10-7-18-19-5-4-17-8-12(10)19/h1-5,7-8,13,20H,6H2. The van der Waals surface area contributed by atoms with Crippen molar-refractivity contribution in [3.8, 4) is 0 Å². The third-order valence-electron chi connectivity index (χ3n) is 3.16. The Balaban J connectivity index is 1.93. The fourth-order valence-corrected chi connectivity index (χ4v) is 2.56. The van der Waals surface area contributed by atoms with E-state index in [0.717, 1.165) is 5.52 Å². The van der Waals surface area contributed by atoms with E-state index in [4.69, 9.17) is 0 Å². The molecule has 2 aromatic heterocycles. The van der Waals surface area contributed by atoms with Crippen molar-refractivity contribution in [1.82, 2.24) is 14.6 Å². The van der Waals surface area contributed by atoms with Crippen molar-refractivity contribution in [3.05, 3.63) is 64.4 Å². The lowest BCUT2D eigenvalue weighted by Gasteiger charge is -2.11. The SMILES string of the molecule is OC(Cc1cccc(F)c1Br)c1cnn2ccncc12. The van der Waals surface area contributed by atoms with Crippen molar-refractivity contribution < 1.29 is 9.50 Å². The van der Waals surface area contributed by atoms with Gasteiger partial charge in [-0.05, 0) is 27.6 Å². The molecule has 6 heteroatoms. The molecule has 20 heavy (non-hydrogen) atoms. The van der Waals surface area contributed by atoms with Crippen LogP contribution < -0.4 is 0 Å². The first-order valence-corrected chi connectivity index (χ1v) is 6.84. The number of nitrogens with zero attached hydrogens (tertiary/aromatic N) is 3. The van der Waals surface area contributed by atoms with Crippen LogP contribution in [0.3, 0.4) is 0 Å². The molecule has 0 bridgehead atoms. The lowest BCUT2D eigenvalue weighted by Crippen LogP contribution is -2.03. The number of rotatable bonds is 3. The maximum Gasteiger partial charge on any atom is 0.137 e. The van der Waals surface area contributed by atoms with Crippen LogP contribution in [0.4, 0.5) is 4.39 Å². The summed E-state index contributed by atoms with van der Waals surface area (Å²) in [6.45, 7) is 0. The molecule has 0 saturated carbocycles. The smallest absolute Gasteiger partial charge is 0.137 e. The topological polar surface area (TPSA) is 50.4 Å². The van der Waals surface area contributed by atoms with E-state index in [1.165, 1.54) is 6.07 Å². The summed E-state index contributed by atoms with van der Waals surface area (Å²) in [5.41, 5.74) is 2.13. The van der Waals surface area contributed by atoms with E-state index in [1.54, 1.807) is 41.4 Å². The Kier molecular flexibility index (Phi) is 3.50. The quantitative estimate of drug-likeness (QED) is 0.800. The van der Waals surface area contributed by atoms with Gasteiger partial charge < -0.3 is 5.11 Å². The maximum absolute atomic E-state index is 13.5. The van der Waals surface area contributed by atoms with Gasteiger partial charge in [0.15, 0.2) is 0 Å². The molecule has 1 aromatic carbocycles. The van der Waals surface area contributed by atoms with Crippen molar-refractivity contribution >= 4 is 21.4 Å². The van der Waals surface area contributed by atoms with Gasteiger partial charge in [0.05, 0.1) is 28.5 Å². The first-order chi connectivity index (χ1) is 9.66. The van der Waals surface area contributed by atoms with Crippen LogP contribution in [0.2, 0.25) is 0 Å². The normalized spacial score (nSPS) is 12.8. The summed E-state index contributed by atoms with van der Waals surface area (Å²) in [5.74, 6) is -0.337. The van der Waals surface area contributed by atoms with Gasteiger partial charge >= 0.3 is 0 Å². The molecule has 4 nitrogen and oxygen atoms in total. The van der Waals surface area contributed by atoms with Crippen molar-refractivity contribution in [3.63, 3.8) is 0 Å². The predicted octanol–water partition coefficient (Wildman–Crippen LogP) is 2.91. The highest BCUT2D eigenvalue weighted by molar-refractivity contribution is 9.10. The van der Waals surface area contributed by atoms with E-state index in [2.05, 4.69) is 26.0 Å². The number of aliphatic hydroxyl groups excluding tert-OH is 1. The van der Waals surface area contributed by atoms with Gasteiger partial charge in [0.1, 0.15) is 5.82 Å². The zero-order chi connectivity index (χ0) is 14.1. The van der Waals surface area contributed by atoms with E-state index in [1.807, 2.05) is 0 Å². The second kappa shape index (κ2) is 5.30. The fraction of sp³-hybridized carbons (Fsp3) is 0.143. The number of hydrogen-bond acceptors (Lipinski definition) is 3. The monoisotopic (exact) mass is 335 g/mol. The van der Waals surface area contributed by atoms with Gasteiger partial charge in [0.25, 0.3) is 0 Å². The second-order valence-electron chi connectivity index (χ2n) is 4.44. The van der Waals surface area contributed by atoms with E-state index in [0.29, 0.717) is 22.0 Å². The Bertz CT molecular complexity index is 759. The van der Waals surface area contributed by atoms with Crippen LogP contribution in [-0.2, 0) is 6.42 Å². The highest BCUT2D eigenvalue weighted by atomic mass is 79.9. The van der Waals surface area contributed by atoms with E-state index >= 15 is 0 Å². The molecule has 2 heterocycles. The van der Waals surface area contributed by atoms with Crippen LogP contribution in [-0.4, -0.2) is 19.7 Å². The summed E-state index contributed by atoms with van der Waals surface area (Å²) in [6.07, 6.45) is 6.12. The zero-order valence-corrected chi connectivity index (χ0v) is 12.0. The minimum absolute atomic E-state index is 0.300. The predicted molar refractivity (Wildman–Crippen MR) is 75.8 cm³/mol. The van der Waals surface area contributed by atoms with Gasteiger partial charge in [-0.15, -0.1) is 0 Å². The number of benzene rings is 1. The van der Waals surface area contributed by atoms with E-state index in [9.17, 15) is 9.50 Å². The minimum Gasteiger partial charge on any atom is -0.388 e. The molecule has 0 aliphatic rings. The Morgan fingerprint density at radius 1 is 1.35 bits per heavy atom. The van der Waals surface area contributed by atoms with Crippen LogP contribution in [0, 0.1) is 5.82 Å². The summed E-state index contributed by atoms with van der Waals surface area (Å²) in [5, 5.41) is 14.5. The van der Waals surface area contributed by atoms with Gasteiger partial charge in [0.2, 0.25) is 0 Å². The molecule has 0 saturated heterocycles. The fourth-order valence-electron chi connectivity index (χ4n) is 2.13. The average Bonchev–Trinajstić information content (AvgIpc) is 2.88. The molecular formula is C14H11BrFN3O. The van der Waals surface area contributed by atoms with Gasteiger partial charge in [-0.25, -0.2) is 8.91 Å². The highest BCUT2D eigenvalue weighted by Crippen LogP contribution is 2.27. The third kappa shape index (κ3) is 2.32. The van der Waals surface area contributed by atoms with Gasteiger partial charge in [0, 0.05) is 24.4 Å². The van der Waals surface area contributed by atoms with E-state index in [-0.39, 0.29) is 5.82 Å². The molecule has 0 aliphatic heterocycles. The van der Waals surface area contributed by atoms with Crippen LogP contribution in [0.1, 0.15) is 17.2 Å². The Morgan fingerprint density at radius 2 is 2.20 bits per heavy atom. The van der Waals surface area contributed by atoms with Crippen LogP contribution in [0.15, 0.2) is 47.5 Å². The Morgan fingerprint density at radius 3 is 3.05 bits per heavy atom. The molecule has 0 amide bonds. The molecule has 3 rings (SSSR count). The second-order valence-corrected chi connectivity index (χ2v) is 5.23. The first kappa shape index (κ1) is 13.2. The third-order valence-corrected chi connectivity index (χ3v) is 4.05. The molecule has 1 unspecified atom stereocenters. The molecule has 0 fully saturated rings.